The first-order valence-electron chi connectivity index (χ1n) is 8.12. The third-order valence-electron chi connectivity index (χ3n) is 4.96. The van der Waals surface area contributed by atoms with E-state index in [1.165, 1.54) is 4.90 Å². The number of hydroxylamine groups is 3. The Kier molecular flexibility index (Phi) is 4.45. The number of fused-ring (bicyclic) bond motifs is 2. The first kappa shape index (κ1) is 16.1. The van der Waals surface area contributed by atoms with Crippen molar-refractivity contribution >= 4 is 11.9 Å². The average Bonchev–Trinajstić information content (AvgIpc) is 2.77. The van der Waals surface area contributed by atoms with Crippen LogP contribution in [0.1, 0.15) is 32.6 Å². The van der Waals surface area contributed by atoms with Crippen molar-refractivity contribution in [3.05, 3.63) is 12.3 Å². The minimum atomic E-state index is -0.564. The van der Waals surface area contributed by atoms with Gasteiger partial charge in [0.25, 0.3) is 5.91 Å². The molecule has 8 nitrogen and oxygen atoms in total. The zero-order valence-corrected chi connectivity index (χ0v) is 13.4. The molecule has 2 N–H and O–H groups in total. The van der Waals surface area contributed by atoms with Crippen LogP contribution in [-0.2, 0) is 9.63 Å². The van der Waals surface area contributed by atoms with Crippen molar-refractivity contribution < 1.29 is 19.6 Å². The second kappa shape index (κ2) is 6.37. The Morgan fingerprint density at radius 2 is 2.00 bits per heavy atom. The molecule has 0 radical (unpaired) electrons. The predicted octanol–water partition coefficient (Wildman–Crippen LogP) is 0.690. The molecular weight excluding hydrogens is 300 g/mol. The molecule has 128 valence electrons. The highest BCUT2D eigenvalue weighted by atomic mass is 16.7. The fraction of sp³-hybridized carbons (Fsp3) is 0.733. The standard InChI is InChI=1S/C15H24N4O4/c1-10(2)17-7-5-12(6-8-17)23-16-14(20)13-4-3-11-9-18(13)15(21)19(11)22/h11-13,22H,1,3-9H2,2H3,(H,16,20)/t11-,13+/m1/s1. The van der Waals surface area contributed by atoms with E-state index < -0.39 is 12.1 Å². The Hall–Kier alpha value is -1.80. The molecule has 23 heavy (non-hydrogen) atoms. The molecule has 2 atom stereocenters. The monoisotopic (exact) mass is 324 g/mol. The van der Waals surface area contributed by atoms with Gasteiger partial charge in [-0.05, 0) is 32.6 Å². The van der Waals surface area contributed by atoms with Crippen LogP contribution < -0.4 is 5.48 Å². The van der Waals surface area contributed by atoms with Gasteiger partial charge in [0.05, 0.1) is 12.1 Å². The number of carbonyl (C=O) groups excluding carboxylic acids is 2. The SMILES string of the molecule is C=C(C)N1CCC(ONC(=O)[C@@H]2CC[C@@H]3CN2C(=O)N3O)CC1. The zero-order valence-electron chi connectivity index (χ0n) is 13.4. The van der Waals surface area contributed by atoms with Crippen LogP contribution in [0.15, 0.2) is 12.3 Å². The van der Waals surface area contributed by atoms with Crippen molar-refractivity contribution in [1.29, 1.82) is 0 Å². The molecule has 0 aromatic rings. The van der Waals surface area contributed by atoms with Gasteiger partial charge in [-0.15, -0.1) is 0 Å². The maximum atomic E-state index is 12.3. The zero-order chi connectivity index (χ0) is 16.6. The van der Waals surface area contributed by atoms with Gasteiger partial charge in [0, 0.05) is 25.3 Å². The number of hydrogen-bond donors (Lipinski definition) is 2. The molecule has 3 aliphatic heterocycles. The van der Waals surface area contributed by atoms with Crippen LogP contribution >= 0.6 is 0 Å². The molecule has 0 spiro atoms. The number of nitrogens with one attached hydrogen (secondary N) is 1. The molecule has 3 heterocycles. The maximum absolute atomic E-state index is 12.3. The largest absolute Gasteiger partial charge is 0.375 e. The summed E-state index contributed by atoms with van der Waals surface area (Å²) < 4.78 is 0. The number of likely N-dealkylation sites (tertiary alicyclic amines) is 1. The summed E-state index contributed by atoms with van der Waals surface area (Å²) in [5.41, 5.74) is 3.56. The molecule has 2 bridgehead atoms. The molecule has 3 aliphatic rings. The van der Waals surface area contributed by atoms with Crippen LogP contribution in [0.4, 0.5) is 4.79 Å². The van der Waals surface area contributed by atoms with Crippen LogP contribution in [0.2, 0.25) is 0 Å². The summed E-state index contributed by atoms with van der Waals surface area (Å²) in [7, 11) is 0. The Morgan fingerprint density at radius 1 is 1.30 bits per heavy atom. The van der Waals surface area contributed by atoms with Gasteiger partial charge >= 0.3 is 6.03 Å². The first-order valence-corrected chi connectivity index (χ1v) is 8.12. The van der Waals surface area contributed by atoms with Gasteiger partial charge in [-0.2, -0.15) is 0 Å². The van der Waals surface area contributed by atoms with Crippen LogP contribution in [-0.4, -0.2) is 69.8 Å². The lowest BCUT2D eigenvalue weighted by Gasteiger charge is -2.34. The van der Waals surface area contributed by atoms with Crippen molar-refractivity contribution in [2.45, 2.75) is 50.8 Å². The summed E-state index contributed by atoms with van der Waals surface area (Å²) in [6, 6.07) is -1.26. The van der Waals surface area contributed by atoms with Gasteiger partial charge in [-0.3, -0.25) is 14.8 Å². The van der Waals surface area contributed by atoms with E-state index in [2.05, 4.69) is 17.0 Å². The number of piperidine rings is 2. The molecule has 3 amide bonds. The van der Waals surface area contributed by atoms with Crippen LogP contribution in [0.5, 0.6) is 0 Å². The number of nitrogens with zero attached hydrogens (tertiary/aromatic N) is 3. The van der Waals surface area contributed by atoms with Crippen molar-refractivity contribution in [3.8, 4) is 0 Å². The van der Waals surface area contributed by atoms with Crippen molar-refractivity contribution in [3.63, 3.8) is 0 Å². The summed E-state index contributed by atoms with van der Waals surface area (Å²) in [5.74, 6) is -0.311. The first-order chi connectivity index (χ1) is 11.0. The number of hydrogen-bond acceptors (Lipinski definition) is 5. The topological polar surface area (TPSA) is 85.4 Å². The molecule has 3 fully saturated rings. The predicted molar refractivity (Wildman–Crippen MR) is 81.2 cm³/mol. The van der Waals surface area contributed by atoms with Gasteiger partial charge in [-0.25, -0.2) is 15.3 Å². The molecule has 0 saturated carbocycles. The summed E-state index contributed by atoms with van der Waals surface area (Å²) in [5, 5.41) is 10.4. The fourth-order valence-electron chi connectivity index (χ4n) is 3.49. The second-order valence-electron chi connectivity index (χ2n) is 6.53. The third-order valence-corrected chi connectivity index (χ3v) is 4.96. The highest BCUT2D eigenvalue weighted by Gasteiger charge is 2.46. The van der Waals surface area contributed by atoms with E-state index >= 15 is 0 Å². The second-order valence-corrected chi connectivity index (χ2v) is 6.53. The summed E-state index contributed by atoms with van der Waals surface area (Å²) >= 11 is 0. The van der Waals surface area contributed by atoms with E-state index in [0.29, 0.717) is 19.4 Å². The van der Waals surface area contributed by atoms with Gasteiger partial charge in [0.1, 0.15) is 6.04 Å². The Balaban J connectivity index is 1.47. The lowest BCUT2D eigenvalue weighted by molar-refractivity contribution is -0.145. The van der Waals surface area contributed by atoms with Gasteiger partial charge in [-0.1, -0.05) is 6.58 Å². The highest BCUT2D eigenvalue weighted by Crippen LogP contribution is 2.28. The van der Waals surface area contributed by atoms with Crippen LogP contribution in [0, 0.1) is 0 Å². The van der Waals surface area contributed by atoms with E-state index in [9.17, 15) is 14.8 Å². The van der Waals surface area contributed by atoms with Gasteiger partial charge in [0.15, 0.2) is 0 Å². The van der Waals surface area contributed by atoms with Gasteiger partial charge < -0.3 is 9.80 Å². The molecule has 3 saturated heterocycles. The van der Waals surface area contributed by atoms with E-state index in [-0.39, 0.29) is 18.1 Å². The summed E-state index contributed by atoms with van der Waals surface area (Å²) in [6.07, 6.45) is 2.79. The number of urea groups is 1. The lowest BCUT2D eigenvalue weighted by atomic mass is 10.0. The summed E-state index contributed by atoms with van der Waals surface area (Å²) in [4.78, 5) is 33.3. The minimum absolute atomic E-state index is 0.0190. The molecule has 0 aliphatic carbocycles. The van der Waals surface area contributed by atoms with Crippen LogP contribution in [0.3, 0.4) is 0 Å². The molecule has 0 aromatic carbocycles. The summed E-state index contributed by atoms with van der Waals surface area (Å²) in [6.45, 7) is 8.04. The van der Waals surface area contributed by atoms with E-state index in [4.69, 9.17) is 4.84 Å². The Bertz CT molecular complexity index is 504. The quantitative estimate of drug-likeness (QED) is 0.587. The Morgan fingerprint density at radius 3 is 2.65 bits per heavy atom. The number of rotatable bonds is 4. The molecule has 3 rings (SSSR count). The van der Waals surface area contributed by atoms with Gasteiger partial charge in [0.2, 0.25) is 0 Å². The molecule has 8 heteroatoms. The maximum Gasteiger partial charge on any atom is 0.344 e. The molecule has 0 aromatic heterocycles. The van der Waals surface area contributed by atoms with Crippen molar-refractivity contribution in [2.75, 3.05) is 19.6 Å². The van der Waals surface area contributed by atoms with Crippen molar-refractivity contribution in [2.24, 2.45) is 0 Å². The number of allylic oxidation sites excluding steroid dienone is 1. The number of amides is 3. The molecular formula is C15H24N4O4. The van der Waals surface area contributed by atoms with E-state index in [0.717, 1.165) is 36.7 Å². The smallest absolute Gasteiger partial charge is 0.344 e. The lowest BCUT2D eigenvalue weighted by Crippen LogP contribution is -2.50. The van der Waals surface area contributed by atoms with E-state index in [1.54, 1.807) is 0 Å². The van der Waals surface area contributed by atoms with E-state index in [1.807, 2.05) is 6.92 Å². The average molecular weight is 324 g/mol. The minimum Gasteiger partial charge on any atom is -0.375 e. The highest BCUT2D eigenvalue weighted by molar-refractivity contribution is 5.87. The Labute approximate surface area is 135 Å². The number of carbonyl (C=O) groups is 2. The normalized spacial score (nSPS) is 28.3. The van der Waals surface area contributed by atoms with Crippen molar-refractivity contribution in [1.82, 2.24) is 20.3 Å². The fourth-order valence-corrected chi connectivity index (χ4v) is 3.49. The molecule has 0 unspecified atom stereocenters. The van der Waals surface area contributed by atoms with Crippen LogP contribution in [0.25, 0.3) is 0 Å². The third kappa shape index (κ3) is 3.13.